The third kappa shape index (κ3) is 2.53. The van der Waals surface area contributed by atoms with Crippen LogP contribution in [0, 0.1) is 16.2 Å². The van der Waals surface area contributed by atoms with Crippen LogP contribution < -0.4 is 4.74 Å². The van der Waals surface area contributed by atoms with Gasteiger partial charge in [0.2, 0.25) is 0 Å². The van der Waals surface area contributed by atoms with Crippen LogP contribution in [-0.4, -0.2) is 15.9 Å². The van der Waals surface area contributed by atoms with Gasteiger partial charge in [0.25, 0.3) is 5.88 Å². The summed E-state index contributed by atoms with van der Waals surface area (Å²) in [5.74, 6) is 0.169. The molecule has 1 heterocycles. The first-order valence-electron chi connectivity index (χ1n) is 4.57. The number of hydrogen-bond acceptors (Lipinski definition) is 5. The van der Waals surface area contributed by atoms with Gasteiger partial charge in [-0.25, -0.2) is 4.68 Å². The summed E-state index contributed by atoms with van der Waals surface area (Å²) in [6, 6.07) is 1.55. The number of rotatable bonds is 4. The molecule has 6 heteroatoms. The molecule has 1 rings (SSSR count). The van der Waals surface area contributed by atoms with Gasteiger partial charge in [0.05, 0.1) is 18.4 Å². The normalized spacial score (nSPS) is 12.2. The summed E-state index contributed by atoms with van der Waals surface area (Å²) in [7, 11) is 0. The molecule has 1 aromatic heterocycles. The van der Waals surface area contributed by atoms with Gasteiger partial charge < -0.3 is 4.74 Å². The maximum atomic E-state index is 10.5. The molecule has 80 valence electrons. The summed E-state index contributed by atoms with van der Waals surface area (Å²) in [5, 5.41) is 15.4. The number of ether oxygens (including phenoxy) is 1. The Labute approximate surface area is 87.4 Å². The molecule has 15 heavy (non-hydrogen) atoms. The van der Waals surface area contributed by atoms with Crippen LogP contribution in [0.5, 0.6) is 5.88 Å². The van der Waals surface area contributed by atoms with Crippen LogP contribution in [0.4, 0.5) is 5.69 Å². The van der Waals surface area contributed by atoms with Crippen molar-refractivity contribution in [1.82, 2.24) is 9.78 Å². The molecular weight excluding hydrogens is 196 g/mol. The fourth-order valence-electron chi connectivity index (χ4n) is 0.993. The molecule has 0 unspecified atom stereocenters. The van der Waals surface area contributed by atoms with Crippen LogP contribution in [0.1, 0.15) is 26.8 Å². The van der Waals surface area contributed by atoms with E-state index < -0.39 is 6.04 Å². The van der Waals surface area contributed by atoms with Crippen molar-refractivity contribution in [3.05, 3.63) is 11.1 Å². The number of nitroso groups, excluding NO2 is 1. The molecule has 0 radical (unpaired) electrons. The lowest BCUT2D eigenvalue weighted by Gasteiger charge is -2.06. The van der Waals surface area contributed by atoms with Gasteiger partial charge in [0.1, 0.15) is 6.04 Å². The predicted octanol–water partition coefficient (Wildman–Crippen LogP) is 2.15. The maximum absolute atomic E-state index is 10.5. The van der Waals surface area contributed by atoms with E-state index in [1.807, 2.05) is 19.9 Å². The van der Waals surface area contributed by atoms with Crippen LogP contribution in [0.15, 0.2) is 11.4 Å². The highest BCUT2D eigenvalue weighted by molar-refractivity contribution is 5.45. The summed E-state index contributed by atoms with van der Waals surface area (Å²) in [6.45, 7) is 5.31. The van der Waals surface area contributed by atoms with E-state index in [-0.39, 0.29) is 17.7 Å². The van der Waals surface area contributed by atoms with E-state index in [4.69, 9.17) is 10.00 Å². The second kappa shape index (κ2) is 4.55. The number of nitriles is 1. The highest BCUT2D eigenvalue weighted by atomic mass is 16.5. The van der Waals surface area contributed by atoms with E-state index in [2.05, 4.69) is 10.3 Å². The van der Waals surface area contributed by atoms with E-state index in [0.717, 1.165) is 0 Å². The Morgan fingerprint density at radius 1 is 1.60 bits per heavy atom. The molecule has 0 bridgehead atoms. The minimum Gasteiger partial charge on any atom is -0.472 e. The van der Waals surface area contributed by atoms with Gasteiger partial charge in [0.15, 0.2) is 5.69 Å². The molecule has 0 saturated heterocycles. The lowest BCUT2D eigenvalue weighted by Crippen LogP contribution is -2.08. The lowest BCUT2D eigenvalue weighted by atomic mass is 10.4. The molecule has 6 nitrogen and oxygen atoms in total. The SMILES string of the molecule is CC(C)Oc1nn([C@@H](C)C#N)cc1N=O. The van der Waals surface area contributed by atoms with E-state index in [1.54, 1.807) is 6.92 Å². The van der Waals surface area contributed by atoms with Crippen LogP contribution in [0.25, 0.3) is 0 Å². The van der Waals surface area contributed by atoms with E-state index in [0.29, 0.717) is 0 Å². The van der Waals surface area contributed by atoms with Gasteiger partial charge in [0, 0.05) is 0 Å². The Bertz CT molecular complexity index is 391. The molecule has 0 amide bonds. The Balaban J connectivity index is 3.01. The Kier molecular flexibility index (Phi) is 3.39. The summed E-state index contributed by atoms with van der Waals surface area (Å²) in [4.78, 5) is 10.5. The average Bonchev–Trinajstić information content (AvgIpc) is 2.59. The summed E-state index contributed by atoms with van der Waals surface area (Å²) in [6.07, 6.45) is 1.31. The van der Waals surface area contributed by atoms with Crippen molar-refractivity contribution in [2.45, 2.75) is 32.9 Å². The van der Waals surface area contributed by atoms with Crippen molar-refractivity contribution < 1.29 is 4.74 Å². The van der Waals surface area contributed by atoms with Gasteiger partial charge in [-0.15, -0.1) is 10.0 Å². The second-order valence-corrected chi connectivity index (χ2v) is 3.36. The first kappa shape index (κ1) is 11.2. The van der Waals surface area contributed by atoms with Crippen molar-refractivity contribution in [2.75, 3.05) is 0 Å². The smallest absolute Gasteiger partial charge is 0.263 e. The van der Waals surface area contributed by atoms with E-state index >= 15 is 0 Å². The van der Waals surface area contributed by atoms with Gasteiger partial charge in [-0.1, -0.05) is 0 Å². The van der Waals surface area contributed by atoms with Crippen LogP contribution in [-0.2, 0) is 0 Å². The molecule has 0 fully saturated rings. The van der Waals surface area contributed by atoms with Crippen LogP contribution in [0.3, 0.4) is 0 Å². The minimum absolute atomic E-state index is 0.0914. The van der Waals surface area contributed by atoms with Crippen molar-refractivity contribution in [3.8, 4) is 11.9 Å². The van der Waals surface area contributed by atoms with Crippen molar-refractivity contribution >= 4 is 5.69 Å². The van der Waals surface area contributed by atoms with Gasteiger partial charge in [-0.2, -0.15) is 5.26 Å². The fraction of sp³-hybridized carbons (Fsp3) is 0.556. The zero-order chi connectivity index (χ0) is 11.4. The summed E-state index contributed by atoms with van der Waals surface area (Å²) >= 11 is 0. The maximum Gasteiger partial charge on any atom is 0.263 e. The quantitative estimate of drug-likeness (QED) is 0.710. The number of aromatic nitrogens is 2. The Morgan fingerprint density at radius 3 is 2.73 bits per heavy atom. The summed E-state index contributed by atoms with van der Waals surface area (Å²) < 4.78 is 6.63. The van der Waals surface area contributed by atoms with Crippen molar-refractivity contribution in [2.24, 2.45) is 5.18 Å². The largest absolute Gasteiger partial charge is 0.472 e. The topological polar surface area (TPSA) is 80.3 Å². The Morgan fingerprint density at radius 2 is 2.27 bits per heavy atom. The third-order valence-corrected chi connectivity index (χ3v) is 1.71. The van der Waals surface area contributed by atoms with Gasteiger partial charge >= 0.3 is 0 Å². The predicted molar refractivity (Wildman–Crippen MR) is 53.8 cm³/mol. The minimum atomic E-state index is -0.449. The average molecular weight is 208 g/mol. The van der Waals surface area contributed by atoms with E-state index in [9.17, 15) is 4.91 Å². The molecule has 1 aromatic rings. The fourth-order valence-corrected chi connectivity index (χ4v) is 0.993. The molecule has 0 spiro atoms. The first-order valence-corrected chi connectivity index (χ1v) is 4.57. The molecule has 0 aliphatic rings. The van der Waals surface area contributed by atoms with E-state index in [1.165, 1.54) is 10.9 Å². The molecule has 0 N–H and O–H groups in total. The zero-order valence-corrected chi connectivity index (χ0v) is 8.84. The van der Waals surface area contributed by atoms with Crippen LogP contribution in [0.2, 0.25) is 0 Å². The number of hydrogen-bond donors (Lipinski definition) is 0. The molecule has 0 aliphatic carbocycles. The Hall–Kier alpha value is -1.90. The third-order valence-electron chi connectivity index (χ3n) is 1.71. The molecule has 0 saturated carbocycles. The first-order chi connectivity index (χ1) is 7.08. The van der Waals surface area contributed by atoms with Crippen LogP contribution >= 0.6 is 0 Å². The highest BCUT2D eigenvalue weighted by Crippen LogP contribution is 2.27. The molecule has 0 aromatic carbocycles. The highest BCUT2D eigenvalue weighted by Gasteiger charge is 2.15. The standard InChI is InChI=1S/C9H12N4O2/c1-6(2)15-9-8(12-14)5-13(11-9)7(3)4-10/h5-7H,1-3H3/t7-/m0/s1. The molecular formula is C9H12N4O2. The summed E-state index contributed by atoms with van der Waals surface area (Å²) in [5.41, 5.74) is 0.116. The number of nitrogens with zero attached hydrogens (tertiary/aromatic N) is 4. The van der Waals surface area contributed by atoms with Gasteiger partial charge in [-0.05, 0) is 25.9 Å². The van der Waals surface area contributed by atoms with Crippen molar-refractivity contribution in [1.29, 1.82) is 5.26 Å². The second-order valence-electron chi connectivity index (χ2n) is 3.36. The van der Waals surface area contributed by atoms with Crippen molar-refractivity contribution in [3.63, 3.8) is 0 Å². The lowest BCUT2D eigenvalue weighted by molar-refractivity contribution is 0.230. The monoisotopic (exact) mass is 208 g/mol. The zero-order valence-electron chi connectivity index (χ0n) is 8.84. The van der Waals surface area contributed by atoms with Gasteiger partial charge in [-0.3, -0.25) is 0 Å². The molecule has 1 atom stereocenters. The molecule has 0 aliphatic heterocycles.